The topological polar surface area (TPSA) is 76.1 Å². The van der Waals surface area contributed by atoms with E-state index in [1.165, 1.54) is 11.9 Å². The van der Waals surface area contributed by atoms with Gasteiger partial charge in [-0.1, -0.05) is 24.3 Å². The van der Waals surface area contributed by atoms with Crippen molar-refractivity contribution >= 4 is 17.4 Å². The number of amides is 1. The normalized spacial score (nSPS) is 10.3. The maximum absolute atomic E-state index is 12.5. The molecule has 0 saturated carbocycles. The zero-order valence-corrected chi connectivity index (χ0v) is 15.6. The molecule has 138 valence electrons. The standard InChI is InChI=1S/C21H22N4O2/c1-14-8-9-17(10-15(14)2)25-21(26)18-11-20(24-13-23-18)22-12-16-6-4-5-7-19(16)27-3/h4-11,13H,12H2,1-3H3,(H,25,26)(H,22,23,24). The number of carbonyl (C=O) groups is 1. The van der Waals surface area contributed by atoms with E-state index in [2.05, 4.69) is 20.6 Å². The largest absolute Gasteiger partial charge is 0.496 e. The SMILES string of the molecule is COc1ccccc1CNc1cc(C(=O)Nc2ccc(C)c(C)c2)ncn1. The summed E-state index contributed by atoms with van der Waals surface area (Å²) in [5.74, 6) is 1.09. The van der Waals surface area contributed by atoms with Gasteiger partial charge in [-0.15, -0.1) is 0 Å². The molecular formula is C21H22N4O2. The van der Waals surface area contributed by atoms with Crippen LogP contribution in [0.4, 0.5) is 11.5 Å². The molecule has 0 aliphatic heterocycles. The highest BCUT2D eigenvalue weighted by Gasteiger charge is 2.10. The van der Waals surface area contributed by atoms with Gasteiger partial charge in [-0.2, -0.15) is 0 Å². The number of benzene rings is 2. The molecule has 6 nitrogen and oxygen atoms in total. The third-order valence-electron chi connectivity index (χ3n) is 4.32. The molecule has 0 fully saturated rings. The average Bonchev–Trinajstić information content (AvgIpc) is 2.69. The van der Waals surface area contributed by atoms with Crippen molar-refractivity contribution in [3.8, 4) is 5.75 Å². The van der Waals surface area contributed by atoms with Crippen LogP contribution in [0.1, 0.15) is 27.2 Å². The van der Waals surface area contributed by atoms with Gasteiger partial charge < -0.3 is 15.4 Å². The minimum absolute atomic E-state index is 0.277. The Morgan fingerprint density at radius 3 is 2.63 bits per heavy atom. The fourth-order valence-electron chi connectivity index (χ4n) is 2.63. The van der Waals surface area contributed by atoms with Crippen LogP contribution in [-0.2, 0) is 6.54 Å². The number of aromatic nitrogens is 2. The van der Waals surface area contributed by atoms with Gasteiger partial charge in [-0.3, -0.25) is 4.79 Å². The van der Waals surface area contributed by atoms with Gasteiger partial charge >= 0.3 is 0 Å². The molecule has 2 N–H and O–H groups in total. The van der Waals surface area contributed by atoms with Gasteiger partial charge in [-0.05, 0) is 43.2 Å². The lowest BCUT2D eigenvalue weighted by atomic mass is 10.1. The fourth-order valence-corrected chi connectivity index (χ4v) is 2.63. The van der Waals surface area contributed by atoms with Gasteiger partial charge in [0.1, 0.15) is 23.6 Å². The second kappa shape index (κ2) is 8.31. The van der Waals surface area contributed by atoms with Crippen molar-refractivity contribution in [2.24, 2.45) is 0 Å². The summed E-state index contributed by atoms with van der Waals surface area (Å²) >= 11 is 0. The summed E-state index contributed by atoms with van der Waals surface area (Å²) < 4.78 is 5.34. The lowest BCUT2D eigenvalue weighted by molar-refractivity contribution is 0.102. The molecule has 2 aromatic carbocycles. The van der Waals surface area contributed by atoms with E-state index in [4.69, 9.17) is 4.74 Å². The molecule has 3 rings (SSSR count). The van der Waals surface area contributed by atoms with E-state index in [-0.39, 0.29) is 5.91 Å². The van der Waals surface area contributed by atoms with Crippen LogP contribution in [-0.4, -0.2) is 23.0 Å². The van der Waals surface area contributed by atoms with Gasteiger partial charge in [0.2, 0.25) is 0 Å². The number of para-hydroxylation sites is 1. The number of hydrogen-bond donors (Lipinski definition) is 2. The van der Waals surface area contributed by atoms with Crippen molar-refractivity contribution in [1.29, 1.82) is 0 Å². The molecule has 27 heavy (non-hydrogen) atoms. The second-order valence-electron chi connectivity index (χ2n) is 6.21. The molecule has 6 heteroatoms. The first-order chi connectivity index (χ1) is 13.1. The number of nitrogens with one attached hydrogen (secondary N) is 2. The number of anilines is 2. The van der Waals surface area contributed by atoms with Crippen molar-refractivity contribution in [3.05, 3.63) is 77.2 Å². The van der Waals surface area contributed by atoms with Gasteiger partial charge in [0.05, 0.1) is 7.11 Å². The van der Waals surface area contributed by atoms with E-state index in [0.29, 0.717) is 18.1 Å². The van der Waals surface area contributed by atoms with Crippen LogP contribution in [0, 0.1) is 13.8 Å². The first kappa shape index (κ1) is 18.4. The highest BCUT2D eigenvalue weighted by atomic mass is 16.5. The molecular weight excluding hydrogens is 340 g/mol. The summed E-state index contributed by atoms with van der Waals surface area (Å²) in [5.41, 5.74) is 4.34. The van der Waals surface area contributed by atoms with Gasteiger partial charge in [0, 0.05) is 23.9 Å². The average molecular weight is 362 g/mol. The number of ether oxygens (including phenoxy) is 1. The maximum atomic E-state index is 12.5. The Balaban J connectivity index is 1.69. The zero-order valence-electron chi connectivity index (χ0n) is 15.6. The second-order valence-corrected chi connectivity index (χ2v) is 6.21. The maximum Gasteiger partial charge on any atom is 0.274 e. The van der Waals surface area contributed by atoms with Crippen LogP contribution in [0.3, 0.4) is 0 Å². The van der Waals surface area contributed by atoms with E-state index >= 15 is 0 Å². The summed E-state index contributed by atoms with van der Waals surface area (Å²) in [4.78, 5) is 20.7. The Kier molecular flexibility index (Phi) is 5.66. The number of hydrogen-bond acceptors (Lipinski definition) is 5. The van der Waals surface area contributed by atoms with Crippen LogP contribution in [0.15, 0.2) is 54.9 Å². The minimum atomic E-state index is -0.277. The number of carbonyl (C=O) groups excluding carboxylic acids is 1. The Morgan fingerprint density at radius 2 is 1.85 bits per heavy atom. The molecule has 1 aromatic heterocycles. The van der Waals surface area contributed by atoms with Crippen molar-refractivity contribution in [2.75, 3.05) is 17.7 Å². The Bertz CT molecular complexity index is 956. The lowest BCUT2D eigenvalue weighted by Gasteiger charge is -2.11. The zero-order chi connectivity index (χ0) is 19.2. The minimum Gasteiger partial charge on any atom is -0.496 e. The van der Waals surface area contributed by atoms with Gasteiger partial charge in [0.25, 0.3) is 5.91 Å². The van der Waals surface area contributed by atoms with Crippen molar-refractivity contribution in [2.45, 2.75) is 20.4 Å². The number of methoxy groups -OCH3 is 1. The van der Waals surface area contributed by atoms with E-state index in [1.807, 2.05) is 56.3 Å². The predicted molar refractivity (Wildman–Crippen MR) is 106 cm³/mol. The lowest BCUT2D eigenvalue weighted by Crippen LogP contribution is -2.15. The first-order valence-electron chi connectivity index (χ1n) is 8.63. The molecule has 0 bridgehead atoms. The van der Waals surface area contributed by atoms with Crippen LogP contribution < -0.4 is 15.4 Å². The molecule has 1 amide bonds. The van der Waals surface area contributed by atoms with E-state index in [0.717, 1.165) is 22.6 Å². The van der Waals surface area contributed by atoms with E-state index in [9.17, 15) is 4.79 Å². The Hall–Kier alpha value is -3.41. The molecule has 0 saturated heterocycles. The van der Waals surface area contributed by atoms with Gasteiger partial charge in [0.15, 0.2) is 0 Å². The molecule has 0 aliphatic carbocycles. The fraction of sp³-hybridized carbons (Fsp3) is 0.190. The Labute approximate surface area is 158 Å². The first-order valence-corrected chi connectivity index (χ1v) is 8.63. The number of aryl methyl sites for hydroxylation is 2. The van der Waals surface area contributed by atoms with Crippen molar-refractivity contribution in [1.82, 2.24) is 9.97 Å². The molecule has 0 radical (unpaired) electrons. The van der Waals surface area contributed by atoms with Crippen LogP contribution in [0.2, 0.25) is 0 Å². The monoisotopic (exact) mass is 362 g/mol. The molecule has 0 spiro atoms. The molecule has 0 unspecified atom stereocenters. The van der Waals surface area contributed by atoms with Crippen LogP contribution in [0.5, 0.6) is 5.75 Å². The van der Waals surface area contributed by atoms with E-state index < -0.39 is 0 Å². The molecule has 1 heterocycles. The van der Waals surface area contributed by atoms with Crippen LogP contribution >= 0.6 is 0 Å². The summed E-state index contributed by atoms with van der Waals surface area (Å²) in [6, 6.07) is 15.2. The molecule has 0 aliphatic rings. The quantitative estimate of drug-likeness (QED) is 0.694. The smallest absolute Gasteiger partial charge is 0.274 e. The summed E-state index contributed by atoms with van der Waals surface area (Å²) in [6.45, 7) is 4.57. The van der Waals surface area contributed by atoms with Crippen LogP contribution in [0.25, 0.3) is 0 Å². The van der Waals surface area contributed by atoms with Crippen molar-refractivity contribution in [3.63, 3.8) is 0 Å². The number of nitrogens with zero attached hydrogens (tertiary/aromatic N) is 2. The third kappa shape index (κ3) is 4.61. The summed E-state index contributed by atoms with van der Waals surface area (Å²) in [5, 5.41) is 6.07. The van der Waals surface area contributed by atoms with Gasteiger partial charge in [-0.25, -0.2) is 9.97 Å². The summed E-state index contributed by atoms with van der Waals surface area (Å²) in [6.07, 6.45) is 1.37. The summed E-state index contributed by atoms with van der Waals surface area (Å²) in [7, 11) is 1.64. The van der Waals surface area contributed by atoms with E-state index in [1.54, 1.807) is 13.2 Å². The Morgan fingerprint density at radius 1 is 1.04 bits per heavy atom. The molecule has 3 aromatic rings. The molecule has 0 atom stereocenters. The number of rotatable bonds is 6. The highest BCUT2D eigenvalue weighted by Crippen LogP contribution is 2.19. The predicted octanol–water partition coefficient (Wildman–Crippen LogP) is 3.97. The third-order valence-corrected chi connectivity index (χ3v) is 4.32. The van der Waals surface area contributed by atoms with Crippen molar-refractivity contribution < 1.29 is 9.53 Å². The highest BCUT2D eigenvalue weighted by molar-refractivity contribution is 6.03.